The number of amides is 1. The molecule has 0 radical (unpaired) electrons. The third kappa shape index (κ3) is 5.73. The zero-order chi connectivity index (χ0) is 33.6. The molecule has 11 heteroatoms. The van der Waals surface area contributed by atoms with Crippen molar-refractivity contribution in [3.05, 3.63) is 129 Å². The van der Waals surface area contributed by atoms with Crippen LogP contribution in [0.2, 0.25) is 0 Å². The van der Waals surface area contributed by atoms with Crippen LogP contribution in [0.3, 0.4) is 0 Å². The van der Waals surface area contributed by atoms with E-state index in [1.165, 1.54) is 21.1 Å². The highest BCUT2D eigenvalue weighted by molar-refractivity contribution is 5.93. The molecule has 1 unspecified atom stereocenters. The Bertz CT molecular complexity index is 2320. The Morgan fingerprint density at radius 2 is 1.69 bits per heavy atom. The Balaban J connectivity index is 1.04. The van der Waals surface area contributed by atoms with E-state index in [2.05, 4.69) is 39.5 Å². The molecule has 0 spiro atoms. The van der Waals surface area contributed by atoms with Crippen LogP contribution in [0.1, 0.15) is 66.7 Å². The minimum absolute atomic E-state index is 0.0368. The first-order valence-electron chi connectivity index (χ1n) is 16.8. The molecule has 1 amide bonds. The number of aromatic nitrogens is 5. The molecule has 49 heavy (non-hydrogen) atoms. The molecule has 10 nitrogen and oxygen atoms in total. The molecule has 0 bridgehead atoms. The van der Waals surface area contributed by atoms with Gasteiger partial charge in [0.2, 0.25) is 0 Å². The lowest BCUT2D eigenvalue weighted by molar-refractivity contribution is 0.0917. The molecule has 1 saturated heterocycles. The van der Waals surface area contributed by atoms with Crippen LogP contribution in [-0.4, -0.2) is 53.9 Å². The van der Waals surface area contributed by atoms with Crippen molar-refractivity contribution in [3.63, 3.8) is 0 Å². The van der Waals surface area contributed by atoms with Crippen LogP contribution in [0.5, 0.6) is 0 Å². The number of imidazole rings is 1. The highest BCUT2D eigenvalue weighted by Crippen LogP contribution is 2.31. The minimum atomic E-state index is -0.653. The van der Waals surface area contributed by atoms with E-state index in [1.807, 2.05) is 59.0 Å². The summed E-state index contributed by atoms with van der Waals surface area (Å²) in [4.78, 5) is 52.4. The predicted molar refractivity (Wildman–Crippen MR) is 186 cm³/mol. The van der Waals surface area contributed by atoms with Gasteiger partial charge in [0.15, 0.2) is 5.65 Å². The molecule has 8 rings (SSSR count). The Kier molecular flexibility index (Phi) is 7.91. The van der Waals surface area contributed by atoms with Crippen LogP contribution in [0.4, 0.5) is 4.39 Å². The molecule has 2 fully saturated rings. The molecule has 4 aromatic heterocycles. The van der Waals surface area contributed by atoms with Gasteiger partial charge in [0.1, 0.15) is 17.2 Å². The Morgan fingerprint density at radius 3 is 2.47 bits per heavy atom. The van der Waals surface area contributed by atoms with Crippen molar-refractivity contribution in [3.8, 4) is 16.8 Å². The predicted octanol–water partition coefficient (Wildman–Crippen LogP) is 5.68. The van der Waals surface area contributed by atoms with Crippen molar-refractivity contribution >= 4 is 22.6 Å². The molecule has 5 heterocycles. The molecule has 1 aliphatic heterocycles. The summed E-state index contributed by atoms with van der Waals surface area (Å²) in [6.45, 7) is 1.08. The fourth-order valence-corrected chi connectivity index (χ4v) is 7.58. The number of rotatable bonds is 6. The molecular formula is C38H36FN7O3. The number of halogens is 1. The highest BCUT2D eigenvalue weighted by Gasteiger charge is 2.29. The molecule has 2 aliphatic rings. The fourth-order valence-electron chi connectivity index (χ4n) is 7.58. The first kappa shape index (κ1) is 30.9. The van der Waals surface area contributed by atoms with Crippen molar-refractivity contribution < 1.29 is 9.18 Å². The normalized spacial score (nSPS) is 19.8. The van der Waals surface area contributed by atoms with Crippen LogP contribution < -0.4 is 16.6 Å². The standard InChI is InChI=1S/C38H36FN7O3/c1-43-18-6-11-33(43)26-12-17-34-42-32(23-44(34)22-26)36(47)41-28-13-15-29(16-14-28)46-37(48)31-20-27(39)21-40-35(31)45(38(46)49)30-10-5-9-25(19-30)24-7-3-2-4-8-24/h2-5,7-10,12,17,19-23,28-29,33H,6,11,13-16,18H2,1H3,(H,41,47). The summed E-state index contributed by atoms with van der Waals surface area (Å²) in [6, 6.07) is 22.2. The van der Waals surface area contributed by atoms with Crippen LogP contribution in [0, 0.1) is 5.82 Å². The SMILES string of the molecule is CN1CCCC1c1ccc2nc(C(=O)NC3CCC(n4c(=O)c5cc(F)cnc5n(-c5cccc(-c6ccccc6)c5)c4=O)CC3)cn2c1. The Labute approximate surface area is 281 Å². The largest absolute Gasteiger partial charge is 0.348 e. The highest BCUT2D eigenvalue weighted by atomic mass is 19.1. The Hall–Kier alpha value is -5.42. The van der Waals surface area contributed by atoms with Crippen LogP contribution in [0.15, 0.2) is 101 Å². The first-order chi connectivity index (χ1) is 23.8. The minimum Gasteiger partial charge on any atom is -0.348 e. The number of nitrogens with zero attached hydrogens (tertiary/aromatic N) is 6. The molecule has 1 N–H and O–H groups in total. The van der Waals surface area contributed by atoms with Gasteiger partial charge in [0.25, 0.3) is 11.5 Å². The quantitative estimate of drug-likeness (QED) is 0.247. The van der Waals surface area contributed by atoms with E-state index >= 15 is 0 Å². The van der Waals surface area contributed by atoms with E-state index in [0.717, 1.165) is 36.4 Å². The van der Waals surface area contributed by atoms with Gasteiger partial charge < -0.3 is 9.72 Å². The maximum Gasteiger partial charge on any atom is 0.337 e. The van der Waals surface area contributed by atoms with Gasteiger partial charge in [-0.25, -0.2) is 23.7 Å². The molecule has 1 saturated carbocycles. The van der Waals surface area contributed by atoms with E-state index in [4.69, 9.17) is 0 Å². The number of hydrogen-bond donors (Lipinski definition) is 1. The van der Waals surface area contributed by atoms with Gasteiger partial charge >= 0.3 is 5.69 Å². The van der Waals surface area contributed by atoms with Gasteiger partial charge in [0, 0.05) is 30.5 Å². The molecule has 1 aliphatic carbocycles. The second-order valence-corrected chi connectivity index (χ2v) is 13.2. The molecule has 2 aromatic carbocycles. The lowest BCUT2D eigenvalue weighted by Gasteiger charge is -2.30. The summed E-state index contributed by atoms with van der Waals surface area (Å²) in [5, 5.41) is 3.15. The maximum absolute atomic E-state index is 14.5. The van der Waals surface area contributed by atoms with Gasteiger partial charge in [-0.2, -0.15) is 0 Å². The number of hydrogen-bond acceptors (Lipinski definition) is 6. The second kappa shape index (κ2) is 12.6. The summed E-state index contributed by atoms with van der Waals surface area (Å²) in [6.07, 6.45) is 9.24. The van der Waals surface area contributed by atoms with E-state index in [-0.39, 0.29) is 23.0 Å². The lowest BCUT2D eigenvalue weighted by atomic mass is 9.90. The summed E-state index contributed by atoms with van der Waals surface area (Å²) < 4.78 is 19.0. The fraction of sp³-hybridized carbons (Fsp3) is 0.289. The van der Waals surface area contributed by atoms with Gasteiger partial charge in [-0.1, -0.05) is 48.5 Å². The zero-order valence-corrected chi connectivity index (χ0v) is 27.1. The number of fused-ring (bicyclic) bond motifs is 2. The summed E-state index contributed by atoms with van der Waals surface area (Å²) in [7, 11) is 2.14. The third-order valence-electron chi connectivity index (χ3n) is 10.1. The van der Waals surface area contributed by atoms with Gasteiger partial charge in [-0.15, -0.1) is 0 Å². The molecule has 1 atom stereocenters. The van der Waals surface area contributed by atoms with E-state index in [1.54, 1.807) is 12.3 Å². The third-order valence-corrected chi connectivity index (χ3v) is 10.1. The van der Waals surface area contributed by atoms with E-state index < -0.39 is 23.1 Å². The van der Waals surface area contributed by atoms with Gasteiger partial charge in [-0.05, 0) is 93.1 Å². The number of likely N-dealkylation sites (tertiary alicyclic amines) is 1. The van der Waals surface area contributed by atoms with Crippen molar-refractivity contribution in [2.75, 3.05) is 13.6 Å². The monoisotopic (exact) mass is 657 g/mol. The van der Waals surface area contributed by atoms with E-state index in [0.29, 0.717) is 48.8 Å². The summed E-state index contributed by atoms with van der Waals surface area (Å²) in [5.41, 5.74) is 3.67. The van der Waals surface area contributed by atoms with Crippen LogP contribution in [0.25, 0.3) is 33.5 Å². The topological polar surface area (TPSA) is 107 Å². The van der Waals surface area contributed by atoms with Crippen molar-refractivity contribution in [1.29, 1.82) is 0 Å². The lowest BCUT2D eigenvalue weighted by Crippen LogP contribution is -2.45. The summed E-state index contributed by atoms with van der Waals surface area (Å²) >= 11 is 0. The first-order valence-corrected chi connectivity index (χ1v) is 16.8. The number of carbonyl (C=O) groups is 1. The maximum atomic E-state index is 14.5. The van der Waals surface area contributed by atoms with Crippen LogP contribution in [-0.2, 0) is 0 Å². The number of pyridine rings is 2. The smallest absolute Gasteiger partial charge is 0.337 e. The van der Waals surface area contributed by atoms with Crippen molar-refractivity contribution in [2.45, 2.75) is 56.7 Å². The van der Waals surface area contributed by atoms with Gasteiger partial charge in [0.05, 0.1) is 17.3 Å². The summed E-state index contributed by atoms with van der Waals surface area (Å²) in [5.74, 6) is -0.906. The van der Waals surface area contributed by atoms with Crippen LogP contribution >= 0.6 is 0 Å². The van der Waals surface area contributed by atoms with E-state index in [9.17, 15) is 18.8 Å². The van der Waals surface area contributed by atoms with Crippen molar-refractivity contribution in [2.24, 2.45) is 0 Å². The molecule has 6 aromatic rings. The Morgan fingerprint density at radius 1 is 0.898 bits per heavy atom. The van der Waals surface area contributed by atoms with Crippen molar-refractivity contribution in [1.82, 2.24) is 33.7 Å². The zero-order valence-electron chi connectivity index (χ0n) is 27.1. The molecular weight excluding hydrogens is 621 g/mol. The molecule has 248 valence electrons. The van der Waals surface area contributed by atoms with Gasteiger partial charge in [-0.3, -0.25) is 19.1 Å². The number of nitrogens with one attached hydrogen (secondary N) is 1. The number of carbonyl (C=O) groups excluding carboxylic acids is 1. The average Bonchev–Trinajstić information content (AvgIpc) is 3.76. The second-order valence-electron chi connectivity index (χ2n) is 13.2. The average molecular weight is 658 g/mol. The number of benzene rings is 2.